The number of phenols is 1. The molecule has 4 rings (SSSR count). The zero-order valence-electron chi connectivity index (χ0n) is 16.9. The molecule has 0 radical (unpaired) electrons. The third-order valence-corrected chi connectivity index (χ3v) is 5.22. The number of benzene rings is 2. The molecule has 1 fully saturated rings. The zero-order chi connectivity index (χ0) is 22.0. The van der Waals surface area contributed by atoms with Crippen LogP contribution in [0.2, 0.25) is 0 Å². The molecule has 1 aliphatic heterocycles. The van der Waals surface area contributed by atoms with E-state index in [0.717, 1.165) is 16.5 Å². The zero-order valence-corrected chi connectivity index (χ0v) is 16.9. The molecule has 9 heteroatoms. The van der Waals surface area contributed by atoms with Crippen LogP contribution in [-0.4, -0.2) is 39.2 Å². The summed E-state index contributed by atoms with van der Waals surface area (Å²) in [5.74, 6) is -0.668. The van der Waals surface area contributed by atoms with Gasteiger partial charge in [0.15, 0.2) is 6.61 Å². The van der Waals surface area contributed by atoms with Crippen LogP contribution in [0.3, 0.4) is 0 Å². The Kier molecular flexibility index (Phi) is 5.57. The summed E-state index contributed by atoms with van der Waals surface area (Å²) in [5.41, 5.74) is 2.26. The normalized spacial score (nSPS) is 16.2. The summed E-state index contributed by atoms with van der Waals surface area (Å²) in [5, 5.41) is 19.7. The number of imide groups is 1. The number of hydrogen-bond acceptors (Lipinski definition) is 6. The fraction of sp³-hybridized carbons (Fsp3) is 0.273. The van der Waals surface area contributed by atoms with Crippen LogP contribution in [0.1, 0.15) is 30.0 Å². The number of rotatable bonds is 6. The van der Waals surface area contributed by atoms with Crippen LogP contribution in [0, 0.1) is 0 Å². The van der Waals surface area contributed by atoms with Gasteiger partial charge in [-0.15, -0.1) is 0 Å². The summed E-state index contributed by atoms with van der Waals surface area (Å²) < 4.78 is 7.27. The summed E-state index contributed by atoms with van der Waals surface area (Å²) in [6.07, 6.45) is 0.713. The van der Waals surface area contributed by atoms with Crippen molar-refractivity contribution in [3.8, 4) is 11.5 Å². The van der Waals surface area contributed by atoms with E-state index in [9.17, 15) is 19.5 Å². The fourth-order valence-electron chi connectivity index (χ4n) is 3.58. The third kappa shape index (κ3) is 4.50. The maximum atomic E-state index is 12.2. The van der Waals surface area contributed by atoms with Gasteiger partial charge < -0.3 is 15.2 Å². The number of carbonyl (C=O) groups is 3. The number of hydrogen-bond donors (Lipinski definition) is 3. The molecule has 2 heterocycles. The summed E-state index contributed by atoms with van der Waals surface area (Å²) >= 11 is 0. The molecule has 1 unspecified atom stereocenters. The second kappa shape index (κ2) is 8.47. The molecule has 0 saturated carbocycles. The van der Waals surface area contributed by atoms with E-state index in [-0.39, 0.29) is 36.5 Å². The number of aromatic nitrogens is 2. The van der Waals surface area contributed by atoms with Crippen LogP contribution in [0.4, 0.5) is 0 Å². The lowest BCUT2D eigenvalue weighted by Gasteiger charge is -2.19. The smallest absolute Gasteiger partial charge is 0.258 e. The molecule has 0 bridgehead atoms. The SMILES string of the molecule is Cn1nc(C2CCC(=O)NC2=O)c2ccc(OCC(=O)NCc3ccc(O)cc3)cc21. The first-order valence-electron chi connectivity index (χ1n) is 9.88. The van der Waals surface area contributed by atoms with Crippen LogP contribution in [0.5, 0.6) is 11.5 Å². The van der Waals surface area contributed by atoms with Gasteiger partial charge in [0, 0.05) is 31.5 Å². The minimum atomic E-state index is -0.473. The molecular weight excluding hydrogens is 400 g/mol. The minimum Gasteiger partial charge on any atom is -0.508 e. The van der Waals surface area contributed by atoms with Crippen molar-refractivity contribution >= 4 is 28.6 Å². The van der Waals surface area contributed by atoms with Crippen LogP contribution < -0.4 is 15.4 Å². The van der Waals surface area contributed by atoms with E-state index in [1.165, 1.54) is 0 Å². The Balaban J connectivity index is 1.40. The number of piperidine rings is 1. The summed E-state index contributed by atoms with van der Waals surface area (Å²) in [7, 11) is 1.77. The number of amides is 3. The number of carbonyl (C=O) groups excluding carboxylic acids is 3. The molecule has 3 amide bonds. The molecule has 160 valence electrons. The average molecular weight is 422 g/mol. The number of ether oxygens (including phenoxy) is 1. The molecule has 1 atom stereocenters. The second-order valence-electron chi connectivity index (χ2n) is 7.42. The predicted octanol–water partition coefficient (Wildman–Crippen LogP) is 1.49. The van der Waals surface area contributed by atoms with Gasteiger partial charge in [-0.05, 0) is 36.2 Å². The van der Waals surface area contributed by atoms with Crippen molar-refractivity contribution in [3.63, 3.8) is 0 Å². The van der Waals surface area contributed by atoms with Gasteiger partial charge in [0.1, 0.15) is 11.5 Å². The van der Waals surface area contributed by atoms with Crippen LogP contribution in [-0.2, 0) is 28.0 Å². The van der Waals surface area contributed by atoms with Crippen molar-refractivity contribution in [2.75, 3.05) is 6.61 Å². The van der Waals surface area contributed by atoms with E-state index in [1.807, 2.05) is 6.07 Å². The van der Waals surface area contributed by atoms with Crippen molar-refractivity contribution in [2.24, 2.45) is 7.05 Å². The lowest BCUT2D eigenvalue weighted by Crippen LogP contribution is -2.39. The van der Waals surface area contributed by atoms with E-state index >= 15 is 0 Å². The molecule has 0 spiro atoms. The highest BCUT2D eigenvalue weighted by molar-refractivity contribution is 6.02. The molecule has 0 aliphatic carbocycles. The monoisotopic (exact) mass is 422 g/mol. The highest BCUT2D eigenvalue weighted by Crippen LogP contribution is 2.31. The van der Waals surface area contributed by atoms with E-state index in [1.54, 1.807) is 48.1 Å². The number of nitrogens with one attached hydrogen (secondary N) is 2. The summed E-state index contributed by atoms with van der Waals surface area (Å²) in [6.45, 7) is 0.181. The number of aryl methyl sites for hydroxylation is 1. The van der Waals surface area contributed by atoms with Crippen molar-refractivity contribution < 1.29 is 24.2 Å². The number of nitrogens with zero attached hydrogens (tertiary/aromatic N) is 2. The summed E-state index contributed by atoms with van der Waals surface area (Å²) in [4.78, 5) is 35.7. The average Bonchev–Trinajstić information content (AvgIpc) is 3.07. The number of aromatic hydroxyl groups is 1. The molecule has 3 N–H and O–H groups in total. The van der Waals surface area contributed by atoms with Crippen molar-refractivity contribution in [1.82, 2.24) is 20.4 Å². The quantitative estimate of drug-likeness (QED) is 0.518. The van der Waals surface area contributed by atoms with Gasteiger partial charge in [-0.2, -0.15) is 5.10 Å². The van der Waals surface area contributed by atoms with Gasteiger partial charge in [0.05, 0.1) is 17.1 Å². The van der Waals surface area contributed by atoms with E-state index in [4.69, 9.17) is 4.74 Å². The Morgan fingerprint density at radius 3 is 2.77 bits per heavy atom. The third-order valence-electron chi connectivity index (χ3n) is 5.22. The van der Waals surface area contributed by atoms with E-state index in [2.05, 4.69) is 15.7 Å². The van der Waals surface area contributed by atoms with Gasteiger partial charge in [0.2, 0.25) is 11.8 Å². The van der Waals surface area contributed by atoms with Gasteiger partial charge in [0.25, 0.3) is 5.91 Å². The Labute approximate surface area is 178 Å². The topological polar surface area (TPSA) is 123 Å². The molecule has 9 nitrogen and oxygen atoms in total. The highest BCUT2D eigenvalue weighted by atomic mass is 16.5. The molecule has 1 saturated heterocycles. The van der Waals surface area contributed by atoms with Gasteiger partial charge in [-0.25, -0.2) is 0 Å². The number of fused-ring (bicyclic) bond motifs is 1. The lowest BCUT2D eigenvalue weighted by molar-refractivity contribution is -0.134. The van der Waals surface area contributed by atoms with Gasteiger partial charge in [-0.3, -0.25) is 24.4 Å². The van der Waals surface area contributed by atoms with E-state index < -0.39 is 5.92 Å². The van der Waals surface area contributed by atoms with Crippen molar-refractivity contribution in [1.29, 1.82) is 0 Å². The Hall–Kier alpha value is -3.88. The maximum absolute atomic E-state index is 12.2. The van der Waals surface area contributed by atoms with Crippen LogP contribution >= 0.6 is 0 Å². The maximum Gasteiger partial charge on any atom is 0.258 e. The van der Waals surface area contributed by atoms with Gasteiger partial charge in [-0.1, -0.05) is 12.1 Å². The fourth-order valence-corrected chi connectivity index (χ4v) is 3.58. The second-order valence-corrected chi connectivity index (χ2v) is 7.42. The molecule has 3 aromatic rings. The van der Waals surface area contributed by atoms with Crippen molar-refractivity contribution in [3.05, 3.63) is 53.7 Å². The highest BCUT2D eigenvalue weighted by Gasteiger charge is 2.31. The first-order valence-corrected chi connectivity index (χ1v) is 9.88. The lowest BCUT2D eigenvalue weighted by atomic mass is 9.93. The first-order chi connectivity index (χ1) is 14.9. The molecular formula is C22H22N4O5. The Bertz CT molecular complexity index is 1150. The molecule has 1 aliphatic rings. The van der Waals surface area contributed by atoms with Crippen LogP contribution in [0.25, 0.3) is 10.9 Å². The number of phenolic OH excluding ortho intramolecular Hbond substituents is 1. The van der Waals surface area contributed by atoms with Crippen molar-refractivity contribution in [2.45, 2.75) is 25.3 Å². The Morgan fingerprint density at radius 2 is 2.03 bits per heavy atom. The summed E-state index contributed by atoms with van der Waals surface area (Å²) in [6, 6.07) is 11.9. The molecule has 31 heavy (non-hydrogen) atoms. The van der Waals surface area contributed by atoms with Crippen LogP contribution in [0.15, 0.2) is 42.5 Å². The van der Waals surface area contributed by atoms with E-state index in [0.29, 0.717) is 24.4 Å². The Morgan fingerprint density at radius 1 is 1.26 bits per heavy atom. The predicted molar refractivity (Wildman–Crippen MR) is 111 cm³/mol. The first kappa shape index (κ1) is 20.4. The van der Waals surface area contributed by atoms with Gasteiger partial charge >= 0.3 is 0 Å². The minimum absolute atomic E-state index is 0.151. The standard InChI is InChI=1S/C22H22N4O5/c1-26-18-10-15(31-12-20(29)23-11-13-2-4-14(27)5-3-13)6-7-16(18)21(25-26)17-8-9-19(28)24-22(17)30/h2-7,10,17,27H,8-9,11-12H2,1H3,(H,23,29)(H,24,28,30). The largest absolute Gasteiger partial charge is 0.508 e. The molecule has 1 aromatic heterocycles. The molecule has 2 aromatic carbocycles.